The number of carbonyl (C=O) groups excluding carboxylic acids is 1. The van der Waals surface area contributed by atoms with Crippen molar-refractivity contribution < 1.29 is 9.53 Å². The third-order valence-electron chi connectivity index (χ3n) is 3.19. The quantitative estimate of drug-likeness (QED) is 0.558. The van der Waals surface area contributed by atoms with E-state index in [0.29, 0.717) is 12.3 Å². The lowest BCUT2D eigenvalue weighted by molar-refractivity contribution is -0.127. The molecule has 2 rings (SSSR count). The molecule has 122 valence electrons. The van der Waals surface area contributed by atoms with Crippen LogP contribution >= 0.6 is 27.7 Å². The molecule has 0 unspecified atom stereocenters. The molecule has 1 N–H and O–H groups in total. The van der Waals surface area contributed by atoms with E-state index in [0.717, 1.165) is 10.2 Å². The van der Waals surface area contributed by atoms with Crippen molar-refractivity contribution in [3.63, 3.8) is 0 Å². The first-order valence-electron chi connectivity index (χ1n) is 7.44. The molecule has 0 saturated carbocycles. The van der Waals surface area contributed by atoms with Crippen molar-refractivity contribution in [1.29, 1.82) is 0 Å². The molecule has 0 bridgehead atoms. The van der Waals surface area contributed by atoms with Gasteiger partial charge in [0.15, 0.2) is 6.10 Å². The molecule has 1 amide bonds. The zero-order chi connectivity index (χ0) is 16.7. The molecule has 3 nitrogen and oxygen atoms in total. The Morgan fingerprint density at radius 1 is 1.17 bits per heavy atom. The Bertz CT molecular complexity index is 628. The van der Waals surface area contributed by atoms with Crippen molar-refractivity contribution in [2.45, 2.75) is 24.8 Å². The van der Waals surface area contributed by atoms with E-state index in [1.165, 1.54) is 10.5 Å². The van der Waals surface area contributed by atoms with E-state index in [9.17, 15) is 4.79 Å². The Balaban J connectivity index is 1.69. The summed E-state index contributed by atoms with van der Waals surface area (Å²) >= 11 is 5.10. The number of thioether (sulfide) groups is 1. The van der Waals surface area contributed by atoms with E-state index in [2.05, 4.69) is 52.4 Å². The number of carbonyl (C=O) groups is 1. The van der Waals surface area contributed by atoms with Crippen molar-refractivity contribution in [3.05, 3.63) is 58.6 Å². The van der Waals surface area contributed by atoms with Crippen LogP contribution in [0.4, 0.5) is 0 Å². The highest BCUT2D eigenvalue weighted by Crippen LogP contribution is 2.18. The number of amides is 1. The van der Waals surface area contributed by atoms with E-state index in [1.54, 1.807) is 18.7 Å². The van der Waals surface area contributed by atoms with Crippen molar-refractivity contribution >= 4 is 33.6 Å². The fourth-order valence-corrected chi connectivity index (χ4v) is 2.92. The highest BCUT2D eigenvalue weighted by molar-refractivity contribution is 9.10. The summed E-state index contributed by atoms with van der Waals surface area (Å²) in [5, 5.41) is 2.90. The van der Waals surface area contributed by atoms with E-state index in [1.807, 2.05) is 24.3 Å². The van der Waals surface area contributed by atoms with Crippen LogP contribution in [0.25, 0.3) is 0 Å². The second-order valence-electron chi connectivity index (χ2n) is 5.17. The summed E-state index contributed by atoms with van der Waals surface area (Å²) < 4.78 is 6.60. The standard InChI is InChI=1S/C18H20BrNO2S/c1-13-3-9-17(10-4-13)23-12-11-20-18(21)14(2)22-16-7-5-15(19)6-8-16/h3-10,14H,11-12H2,1-2H3,(H,20,21)/t14-/m1/s1. The lowest BCUT2D eigenvalue weighted by atomic mass is 10.2. The van der Waals surface area contributed by atoms with Gasteiger partial charge in [-0.25, -0.2) is 0 Å². The van der Waals surface area contributed by atoms with Gasteiger partial charge >= 0.3 is 0 Å². The van der Waals surface area contributed by atoms with Gasteiger partial charge in [-0.15, -0.1) is 11.8 Å². The summed E-state index contributed by atoms with van der Waals surface area (Å²) in [6.07, 6.45) is -0.513. The van der Waals surface area contributed by atoms with Crippen molar-refractivity contribution in [2.24, 2.45) is 0 Å². The summed E-state index contributed by atoms with van der Waals surface area (Å²) in [5.74, 6) is 1.42. The summed E-state index contributed by atoms with van der Waals surface area (Å²) in [4.78, 5) is 13.2. The van der Waals surface area contributed by atoms with E-state index in [-0.39, 0.29) is 5.91 Å². The van der Waals surface area contributed by atoms with Gasteiger partial charge in [-0.1, -0.05) is 33.6 Å². The molecule has 0 heterocycles. The molecule has 0 saturated heterocycles. The number of hydrogen-bond acceptors (Lipinski definition) is 3. The van der Waals surface area contributed by atoms with Crippen LogP contribution in [0.5, 0.6) is 5.75 Å². The van der Waals surface area contributed by atoms with Gasteiger partial charge in [0.2, 0.25) is 0 Å². The predicted octanol–water partition coefficient (Wildman–Crippen LogP) is 4.43. The summed E-state index contributed by atoms with van der Waals surface area (Å²) in [7, 11) is 0. The number of benzene rings is 2. The molecule has 1 atom stereocenters. The van der Waals surface area contributed by atoms with Gasteiger partial charge in [-0.3, -0.25) is 4.79 Å². The Labute approximate surface area is 149 Å². The SMILES string of the molecule is Cc1ccc(SCCNC(=O)[C@@H](C)Oc2ccc(Br)cc2)cc1. The molecular weight excluding hydrogens is 374 g/mol. The van der Waals surface area contributed by atoms with Crippen LogP contribution in [-0.2, 0) is 4.79 Å². The Kier molecular flexibility index (Phi) is 6.99. The third kappa shape index (κ3) is 6.28. The fraction of sp³-hybridized carbons (Fsp3) is 0.278. The topological polar surface area (TPSA) is 38.3 Å². The molecular formula is C18H20BrNO2S. The molecule has 2 aromatic carbocycles. The van der Waals surface area contributed by atoms with Gasteiger partial charge in [0.05, 0.1) is 0 Å². The number of hydrogen-bond donors (Lipinski definition) is 1. The largest absolute Gasteiger partial charge is 0.481 e. The molecule has 0 fully saturated rings. The fourth-order valence-electron chi connectivity index (χ4n) is 1.89. The minimum atomic E-state index is -0.513. The van der Waals surface area contributed by atoms with Gasteiger partial charge in [0.1, 0.15) is 5.75 Å². The van der Waals surface area contributed by atoms with Crippen LogP contribution in [0, 0.1) is 6.92 Å². The summed E-state index contributed by atoms with van der Waals surface area (Å²) in [5.41, 5.74) is 1.25. The molecule has 0 aliphatic heterocycles. The average molecular weight is 394 g/mol. The highest BCUT2D eigenvalue weighted by Gasteiger charge is 2.13. The molecule has 0 aliphatic rings. The van der Waals surface area contributed by atoms with Gasteiger partial charge in [0.25, 0.3) is 5.91 Å². The highest BCUT2D eigenvalue weighted by atomic mass is 79.9. The molecule has 0 aliphatic carbocycles. The van der Waals surface area contributed by atoms with Gasteiger partial charge in [-0.2, -0.15) is 0 Å². The summed E-state index contributed by atoms with van der Waals surface area (Å²) in [6.45, 7) is 4.44. The number of nitrogens with one attached hydrogen (secondary N) is 1. The second-order valence-corrected chi connectivity index (χ2v) is 7.25. The number of aryl methyl sites for hydroxylation is 1. The molecule has 5 heteroatoms. The second kappa shape index (κ2) is 8.99. The Morgan fingerprint density at radius 2 is 1.83 bits per heavy atom. The minimum absolute atomic E-state index is 0.0996. The maximum absolute atomic E-state index is 12.0. The van der Waals surface area contributed by atoms with Crippen LogP contribution in [0.3, 0.4) is 0 Å². The first kappa shape index (κ1) is 17.9. The van der Waals surface area contributed by atoms with Crippen LogP contribution in [0.2, 0.25) is 0 Å². The van der Waals surface area contributed by atoms with E-state index in [4.69, 9.17) is 4.74 Å². The molecule has 23 heavy (non-hydrogen) atoms. The van der Waals surface area contributed by atoms with Crippen LogP contribution in [0.1, 0.15) is 12.5 Å². The lowest BCUT2D eigenvalue weighted by Crippen LogP contribution is -2.37. The van der Waals surface area contributed by atoms with Crippen LogP contribution < -0.4 is 10.1 Å². The first-order chi connectivity index (χ1) is 11.0. The smallest absolute Gasteiger partial charge is 0.260 e. The Hall–Kier alpha value is -1.46. The maximum Gasteiger partial charge on any atom is 0.260 e. The van der Waals surface area contributed by atoms with E-state index < -0.39 is 6.10 Å². The van der Waals surface area contributed by atoms with Gasteiger partial charge < -0.3 is 10.1 Å². The van der Waals surface area contributed by atoms with Crippen molar-refractivity contribution in [3.8, 4) is 5.75 Å². The third-order valence-corrected chi connectivity index (χ3v) is 4.73. The molecule has 0 aromatic heterocycles. The number of halogens is 1. The van der Waals surface area contributed by atoms with Gasteiger partial charge in [0, 0.05) is 21.7 Å². The Morgan fingerprint density at radius 3 is 2.48 bits per heavy atom. The predicted molar refractivity (Wildman–Crippen MR) is 99.1 cm³/mol. The number of rotatable bonds is 7. The maximum atomic E-state index is 12.0. The van der Waals surface area contributed by atoms with Crippen LogP contribution in [-0.4, -0.2) is 24.3 Å². The lowest BCUT2D eigenvalue weighted by Gasteiger charge is -2.14. The normalized spacial score (nSPS) is 11.8. The molecule has 2 aromatic rings. The van der Waals surface area contributed by atoms with Crippen molar-refractivity contribution in [1.82, 2.24) is 5.32 Å². The average Bonchev–Trinajstić information content (AvgIpc) is 2.55. The summed E-state index contributed by atoms with van der Waals surface area (Å²) in [6, 6.07) is 15.8. The monoisotopic (exact) mass is 393 g/mol. The van der Waals surface area contributed by atoms with E-state index >= 15 is 0 Å². The van der Waals surface area contributed by atoms with Crippen molar-refractivity contribution in [2.75, 3.05) is 12.3 Å². The first-order valence-corrected chi connectivity index (χ1v) is 9.22. The van der Waals surface area contributed by atoms with Crippen LogP contribution in [0.15, 0.2) is 57.9 Å². The van der Waals surface area contributed by atoms with Gasteiger partial charge in [-0.05, 0) is 50.2 Å². The zero-order valence-electron chi connectivity index (χ0n) is 13.2. The zero-order valence-corrected chi connectivity index (χ0v) is 15.6. The molecule has 0 spiro atoms. The number of ether oxygens (including phenoxy) is 1. The molecule has 0 radical (unpaired) electrons. The minimum Gasteiger partial charge on any atom is -0.481 e.